The summed E-state index contributed by atoms with van der Waals surface area (Å²) in [5.41, 5.74) is 8.27. The highest BCUT2D eigenvalue weighted by Gasteiger charge is 2.24. The first-order valence-corrected chi connectivity index (χ1v) is 6.23. The molecule has 0 atom stereocenters. The summed E-state index contributed by atoms with van der Waals surface area (Å²) >= 11 is 0. The third-order valence-corrected chi connectivity index (χ3v) is 3.47. The largest absolute Gasteiger partial charge is 0.496 e. The van der Waals surface area contributed by atoms with Crippen LogP contribution in [0.5, 0.6) is 11.5 Å². The fraction of sp³-hybridized carbons (Fsp3) is 0.500. The van der Waals surface area contributed by atoms with Crippen molar-refractivity contribution in [2.24, 2.45) is 5.73 Å². The standard InChI is InChI=1S/C14H19NO3/c1-17-13-7-11(12(16)8-15)14(18-2)10-6-4-3-5-9(10)13/h7H,3-6,8,15H2,1-2H3. The van der Waals surface area contributed by atoms with Gasteiger partial charge < -0.3 is 15.2 Å². The summed E-state index contributed by atoms with van der Waals surface area (Å²) in [6, 6.07) is 1.76. The average molecular weight is 249 g/mol. The Hall–Kier alpha value is -1.55. The third kappa shape index (κ3) is 2.08. The van der Waals surface area contributed by atoms with E-state index in [9.17, 15) is 4.79 Å². The molecule has 1 aliphatic rings. The van der Waals surface area contributed by atoms with Gasteiger partial charge in [0.25, 0.3) is 0 Å². The van der Waals surface area contributed by atoms with Gasteiger partial charge in [0.1, 0.15) is 11.5 Å². The number of hydrogen-bond donors (Lipinski definition) is 1. The molecule has 0 amide bonds. The molecule has 0 spiro atoms. The monoisotopic (exact) mass is 249 g/mol. The molecule has 0 aliphatic heterocycles. The van der Waals surface area contributed by atoms with Crippen LogP contribution in [-0.2, 0) is 12.8 Å². The van der Waals surface area contributed by atoms with Crippen molar-refractivity contribution in [2.75, 3.05) is 20.8 Å². The van der Waals surface area contributed by atoms with Crippen LogP contribution in [0.1, 0.15) is 34.3 Å². The van der Waals surface area contributed by atoms with E-state index < -0.39 is 0 Å². The number of fused-ring (bicyclic) bond motifs is 1. The number of carbonyl (C=O) groups is 1. The van der Waals surface area contributed by atoms with Gasteiger partial charge >= 0.3 is 0 Å². The van der Waals surface area contributed by atoms with E-state index in [1.54, 1.807) is 20.3 Å². The minimum absolute atomic E-state index is 0.0156. The molecule has 2 rings (SSSR count). The Kier molecular flexibility index (Phi) is 3.87. The Balaban J connectivity index is 2.64. The lowest BCUT2D eigenvalue weighted by atomic mass is 9.87. The molecule has 18 heavy (non-hydrogen) atoms. The Morgan fingerprint density at radius 1 is 1.22 bits per heavy atom. The quantitative estimate of drug-likeness (QED) is 0.825. The van der Waals surface area contributed by atoms with Gasteiger partial charge in [0.15, 0.2) is 5.78 Å². The molecule has 4 heteroatoms. The molecule has 0 saturated heterocycles. The highest BCUT2D eigenvalue weighted by atomic mass is 16.5. The van der Waals surface area contributed by atoms with Crippen LogP contribution in [0.15, 0.2) is 6.07 Å². The molecule has 0 unspecified atom stereocenters. The molecule has 1 aliphatic carbocycles. The first-order chi connectivity index (χ1) is 8.72. The first kappa shape index (κ1) is 12.9. The van der Waals surface area contributed by atoms with Gasteiger partial charge in [-0.2, -0.15) is 0 Å². The van der Waals surface area contributed by atoms with E-state index >= 15 is 0 Å². The minimum atomic E-state index is -0.112. The minimum Gasteiger partial charge on any atom is -0.496 e. The molecule has 0 radical (unpaired) electrons. The molecule has 1 aromatic rings. The van der Waals surface area contributed by atoms with Gasteiger partial charge in [-0.05, 0) is 31.7 Å². The Morgan fingerprint density at radius 2 is 1.89 bits per heavy atom. The van der Waals surface area contributed by atoms with Crippen LogP contribution < -0.4 is 15.2 Å². The van der Waals surface area contributed by atoms with Gasteiger partial charge in [-0.1, -0.05) is 0 Å². The molecule has 98 valence electrons. The van der Waals surface area contributed by atoms with Crippen molar-refractivity contribution in [3.8, 4) is 11.5 Å². The van der Waals surface area contributed by atoms with Crippen molar-refractivity contribution in [2.45, 2.75) is 25.7 Å². The van der Waals surface area contributed by atoms with Gasteiger partial charge in [0.2, 0.25) is 0 Å². The fourth-order valence-corrected chi connectivity index (χ4v) is 2.61. The number of hydrogen-bond acceptors (Lipinski definition) is 4. The zero-order valence-corrected chi connectivity index (χ0v) is 10.9. The molecule has 0 saturated carbocycles. The smallest absolute Gasteiger partial charge is 0.180 e. The number of benzene rings is 1. The highest BCUT2D eigenvalue weighted by Crippen LogP contribution is 2.39. The zero-order valence-electron chi connectivity index (χ0n) is 10.9. The normalized spacial score (nSPS) is 13.9. The number of rotatable bonds is 4. The maximum atomic E-state index is 11.9. The summed E-state index contributed by atoms with van der Waals surface area (Å²) < 4.78 is 10.8. The molecule has 1 aromatic carbocycles. The van der Waals surface area contributed by atoms with Crippen LogP contribution in [0.25, 0.3) is 0 Å². The topological polar surface area (TPSA) is 61.5 Å². The summed E-state index contributed by atoms with van der Waals surface area (Å²) in [5, 5.41) is 0. The van der Waals surface area contributed by atoms with Crippen LogP contribution in [0.2, 0.25) is 0 Å². The fourth-order valence-electron chi connectivity index (χ4n) is 2.61. The molecule has 0 bridgehead atoms. The number of ketones is 1. The summed E-state index contributed by atoms with van der Waals surface area (Å²) in [6.07, 6.45) is 4.18. The number of nitrogens with two attached hydrogens (primary N) is 1. The first-order valence-electron chi connectivity index (χ1n) is 6.23. The van der Waals surface area contributed by atoms with Gasteiger partial charge in [-0.3, -0.25) is 4.79 Å². The van der Waals surface area contributed by atoms with Crippen molar-refractivity contribution in [1.29, 1.82) is 0 Å². The van der Waals surface area contributed by atoms with E-state index in [4.69, 9.17) is 15.2 Å². The van der Waals surface area contributed by atoms with E-state index in [0.29, 0.717) is 11.3 Å². The second kappa shape index (κ2) is 5.40. The molecular formula is C14H19NO3. The lowest BCUT2D eigenvalue weighted by molar-refractivity contribution is 0.0998. The maximum Gasteiger partial charge on any atom is 0.180 e. The molecule has 2 N–H and O–H groups in total. The van der Waals surface area contributed by atoms with Crippen LogP contribution in [-0.4, -0.2) is 26.5 Å². The maximum absolute atomic E-state index is 11.9. The van der Waals surface area contributed by atoms with Crippen molar-refractivity contribution in [3.05, 3.63) is 22.8 Å². The number of methoxy groups -OCH3 is 2. The van der Waals surface area contributed by atoms with Gasteiger partial charge in [-0.15, -0.1) is 0 Å². The summed E-state index contributed by atoms with van der Waals surface area (Å²) in [5.74, 6) is 1.35. The second-order valence-electron chi connectivity index (χ2n) is 4.45. The van der Waals surface area contributed by atoms with Crippen LogP contribution in [0.4, 0.5) is 0 Å². The van der Waals surface area contributed by atoms with Crippen molar-refractivity contribution in [1.82, 2.24) is 0 Å². The van der Waals surface area contributed by atoms with Crippen molar-refractivity contribution < 1.29 is 14.3 Å². The van der Waals surface area contributed by atoms with Gasteiger partial charge in [0.05, 0.1) is 26.3 Å². The predicted octanol–water partition coefficient (Wildman–Crippen LogP) is 1.72. The van der Waals surface area contributed by atoms with Crippen LogP contribution in [0, 0.1) is 0 Å². The Bertz CT molecular complexity index is 469. The third-order valence-electron chi connectivity index (χ3n) is 3.47. The predicted molar refractivity (Wildman–Crippen MR) is 69.6 cm³/mol. The molecule has 0 heterocycles. The number of ether oxygens (including phenoxy) is 2. The zero-order chi connectivity index (χ0) is 13.1. The molecule has 0 fully saturated rings. The Labute approximate surface area is 107 Å². The van der Waals surface area contributed by atoms with E-state index in [-0.39, 0.29) is 12.3 Å². The molecule has 0 aromatic heterocycles. The van der Waals surface area contributed by atoms with E-state index in [1.807, 2.05) is 0 Å². The van der Waals surface area contributed by atoms with E-state index in [0.717, 1.165) is 37.0 Å². The Morgan fingerprint density at radius 3 is 2.44 bits per heavy atom. The molecule has 4 nitrogen and oxygen atoms in total. The van der Waals surface area contributed by atoms with Gasteiger partial charge in [-0.25, -0.2) is 0 Å². The molecular weight excluding hydrogens is 230 g/mol. The summed E-state index contributed by atoms with van der Waals surface area (Å²) in [7, 11) is 3.23. The van der Waals surface area contributed by atoms with Crippen molar-refractivity contribution in [3.63, 3.8) is 0 Å². The highest BCUT2D eigenvalue weighted by molar-refractivity contribution is 6.01. The lowest BCUT2D eigenvalue weighted by Crippen LogP contribution is -2.17. The average Bonchev–Trinajstić information content (AvgIpc) is 2.44. The number of Topliss-reactive ketones (excluding diaryl/α,β-unsaturated/α-hetero) is 1. The van der Waals surface area contributed by atoms with Crippen LogP contribution in [0.3, 0.4) is 0 Å². The van der Waals surface area contributed by atoms with Gasteiger partial charge in [0, 0.05) is 11.1 Å². The number of carbonyl (C=O) groups excluding carboxylic acids is 1. The van der Waals surface area contributed by atoms with Crippen molar-refractivity contribution >= 4 is 5.78 Å². The van der Waals surface area contributed by atoms with E-state index in [2.05, 4.69) is 0 Å². The summed E-state index contributed by atoms with van der Waals surface area (Å²) in [4.78, 5) is 11.9. The SMILES string of the molecule is COc1cc(C(=O)CN)c(OC)c2c1CCCC2. The summed E-state index contributed by atoms with van der Waals surface area (Å²) in [6.45, 7) is -0.0156. The second-order valence-corrected chi connectivity index (χ2v) is 4.45. The van der Waals surface area contributed by atoms with Crippen LogP contribution >= 0.6 is 0 Å². The lowest BCUT2D eigenvalue weighted by Gasteiger charge is -2.23. The van der Waals surface area contributed by atoms with E-state index in [1.165, 1.54) is 5.56 Å².